The van der Waals surface area contributed by atoms with Crippen molar-refractivity contribution in [3.8, 4) is 0 Å². The molecule has 0 saturated carbocycles. The zero-order chi connectivity index (χ0) is 33.8. The highest BCUT2D eigenvalue weighted by molar-refractivity contribution is 6.81. The summed E-state index contributed by atoms with van der Waals surface area (Å²) in [6, 6.07) is 63.4. The Hall–Kier alpha value is -6.39. The van der Waals surface area contributed by atoms with E-state index < -0.39 is 0 Å². The highest BCUT2D eigenvalue weighted by atomic mass is 16.4. The first kappa shape index (κ1) is 32.2. The van der Waals surface area contributed by atoms with Crippen LogP contribution in [0.2, 0.25) is 0 Å². The lowest BCUT2D eigenvalue weighted by Crippen LogP contribution is -2.44. The van der Waals surface area contributed by atoms with Crippen LogP contribution in [0.3, 0.4) is 0 Å². The van der Waals surface area contributed by atoms with Gasteiger partial charge in [-0.25, -0.2) is 9.97 Å². The van der Waals surface area contributed by atoms with Crippen LogP contribution in [0.25, 0.3) is 23.7 Å². The van der Waals surface area contributed by atoms with Crippen molar-refractivity contribution in [1.29, 1.82) is 0 Å². The average Bonchev–Trinajstić information content (AvgIpc) is 3.20. The Balaban J connectivity index is 1.28. The van der Waals surface area contributed by atoms with Gasteiger partial charge in [-0.3, -0.25) is 0 Å². The Morgan fingerprint density at radius 2 is 0.660 bits per heavy atom. The highest BCUT2D eigenvalue weighted by Crippen LogP contribution is 2.23. The van der Waals surface area contributed by atoms with Crippen molar-refractivity contribution in [2.24, 2.45) is 0 Å². The number of rotatable bonds is 12. The van der Waals surface area contributed by atoms with Gasteiger partial charge in [0.15, 0.2) is 0 Å². The molecule has 0 aliphatic carbocycles. The Bertz CT molecular complexity index is 1920. The van der Waals surface area contributed by atoms with Gasteiger partial charge in [-0.1, -0.05) is 182 Å². The van der Waals surface area contributed by atoms with Gasteiger partial charge in [-0.05, 0) is 27.9 Å². The van der Waals surface area contributed by atoms with Gasteiger partial charge in [0.05, 0.1) is 11.4 Å². The minimum Gasteiger partial charge on any atom is -0.551 e. The Morgan fingerprint density at radius 1 is 0.380 bits per heavy atom. The lowest BCUT2D eigenvalue weighted by molar-refractivity contribution is 0.551. The van der Waals surface area contributed by atoms with E-state index in [2.05, 4.69) is 82.8 Å². The van der Waals surface area contributed by atoms with Crippen LogP contribution >= 0.6 is 0 Å². The van der Waals surface area contributed by atoms with Crippen LogP contribution in [-0.4, -0.2) is 23.8 Å². The van der Waals surface area contributed by atoms with Crippen molar-refractivity contribution >= 4 is 59.4 Å². The van der Waals surface area contributed by atoms with E-state index in [0.29, 0.717) is 22.9 Å². The van der Waals surface area contributed by atoms with Crippen molar-refractivity contribution in [3.63, 3.8) is 0 Å². The van der Waals surface area contributed by atoms with Gasteiger partial charge < -0.3 is 9.31 Å². The van der Waals surface area contributed by atoms with E-state index in [1.807, 2.05) is 127 Å². The third-order valence-corrected chi connectivity index (χ3v) is 8.28. The summed E-state index contributed by atoms with van der Waals surface area (Å²) in [6.07, 6.45) is 5.54. The fourth-order valence-corrected chi connectivity index (χ4v) is 5.81. The van der Waals surface area contributed by atoms with Gasteiger partial charge in [0.2, 0.25) is 0 Å². The first-order valence-corrected chi connectivity index (χ1v) is 16.7. The third-order valence-electron chi connectivity index (χ3n) is 8.28. The molecule has 0 atom stereocenters. The predicted molar refractivity (Wildman–Crippen MR) is 209 cm³/mol. The molecule has 0 unspecified atom stereocenters. The second kappa shape index (κ2) is 16.1. The first-order valence-electron chi connectivity index (χ1n) is 16.7. The minimum absolute atomic E-state index is 0.323. The van der Waals surface area contributed by atoms with Crippen molar-refractivity contribution in [2.75, 3.05) is 0 Å². The van der Waals surface area contributed by atoms with Crippen LogP contribution in [0.4, 0.5) is 0 Å². The van der Waals surface area contributed by atoms with E-state index in [0.717, 1.165) is 33.0 Å². The third kappa shape index (κ3) is 8.18. The summed E-state index contributed by atoms with van der Waals surface area (Å²) in [5.74, 6) is 1.40. The summed E-state index contributed by atoms with van der Waals surface area (Å²) in [4.78, 5) is 9.31. The standard InChI is InChI=1S/C44H34B2N2O2/c1-7-19-35(20-8-1)43(49-45(37-23-11-3-12-24-37)38-25-13-4-14-26-38)32-41-31-42(48-34-47-41)33-44(36-21-9-2-10-22-36)50-46(39-27-15-5-16-28-39)40-29-17-6-18-30-40/h1-34H/b43-32+,44-33+. The molecule has 7 rings (SSSR count). The van der Waals surface area contributed by atoms with Gasteiger partial charge in [0.1, 0.15) is 17.8 Å². The maximum Gasteiger partial charge on any atom is 0.426 e. The molecule has 6 heteroatoms. The molecule has 7 aromatic rings. The molecule has 238 valence electrons. The summed E-state index contributed by atoms with van der Waals surface area (Å²) in [5.41, 5.74) is 7.54. The monoisotopic (exact) mass is 644 g/mol. The zero-order valence-corrected chi connectivity index (χ0v) is 27.5. The Kier molecular flexibility index (Phi) is 10.4. The second-order valence-electron chi connectivity index (χ2n) is 11.8. The van der Waals surface area contributed by atoms with Crippen molar-refractivity contribution < 1.29 is 9.31 Å². The number of aromatic nitrogens is 2. The SMILES string of the molecule is C(=C(\OB(c1ccccc1)c1ccccc1)c1ccccc1)/c1cc(/C=C(/OB(c2ccccc2)c2ccccc2)c2ccccc2)ncn1. The first-order chi connectivity index (χ1) is 24.8. The number of benzene rings is 6. The second-order valence-corrected chi connectivity index (χ2v) is 11.8. The fraction of sp³-hybridized carbons (Fsp3) is 0. The quantitative estimate of drug-likeness (QED) is 0.105. The van der Waals surface area contributed by atoms with E-state index in [-0.39, 0.29) is 13.8 Å². The molecule has 50 heavy (non-hydrogen) atoms. The van der Waals surface area contributed by atoms with Crippen LogP contribution in [0.5, 0.6) is 0 Å². The predicted octanol–water partition coefficient (Wildman–Crippen LogP) is 7.12. The summed E-state index contributed by atoms with van der Waals surface area (Å²) in [7, 11) is 0. The number of nitrogens with zero attached hydrogens (tertiary/aromatic N) is 2. The van der Waals surface area contributed by atoms with E-state index in [1.54, 1.807) is 6.33 Å². The summed E-state index contributed by atoms with van der Waals surface area (Å²) >= 11 is 0. The fourth-order valence-electron chi connectivity index (χ4n) is 5.81. The molecule has 0 fully saturated rings. The molecule has 6 aromatic carbocycles. The van der Waals surface area contributed by atoms with Crippen LogP contribution in [0, 0.1) is 0 Å². The minimum atomic E-state index is -0.323. The van der Waals surface area contributed by atoms with Gasteiger partial charge in [-0.15, -0.1) is 0 Å². The van der Waals surface area contributed by atoms with E-state index in [4.69, 9.17) is 9.31 Å². The molecule has 0 aliphatic rings. The summed E-state index contributed by atoms with van der Waals surface area (Å²) in [5, 5.41) is 0. The van der Waals surface area contributed by atoms with E-state index in [9.17, 15) is 0 Å². The number of hydrogen-bond donors (Lipinski definition) is 0. The average molecular weight is 644 g/mol. The normalized spacial score (nSPS) is 11.4. The molecular formula is C44H34B2N2O2. The van der Waals surface area contributed by atoms with Crippen LogP contribution in [-0.2, 0) is 9.31 Å². The van der Waals surface area contributed by atoms with Crippen LogP contribution in [0.15, 0.2) is 194 Å². The molecule has 4 nitrogen and oxygen atoms in total. The molecule has 0 N–H and O–H groups in total. The molecule has 0 amide bonds. The topological polar surface area (TPSA) is 44.2 Å². The maximum absolute atomic E-state index is 6.91. The highest BCUT2D eigenvalue weighted by Gasteiger charge is 2.26. The molecule has 1 aromatic heterocycles. The molecule has 0 spiro atoms. The van der Waals surface area contributed by atoms with E-state index >= 15 is 0 Å². The smallest absolute Gasteiger partial charge is 0.426 e. The van der Waals surface area contributed by atoms with Crippen molar-refractivity contribution in [2.45, 2.75) is 0 Å². The van der Waals surface area contributed by atoms with Gasteiger partial charge >= 0.3 is 13.8 Å². The molecular weight excluding hydrogens is 610 g/mol. The van der Waals surface area contributed by atoms with Crippen LogP contribution < -0.4 is 21.9 Å². The lowest BCUT2D eigenvalue weighted by atomic mass is 9.55. The number of hydrogen-bond acceptors (Lipinski definition) is 4. The summed E-state index contributed by atoms with van der Waals surface area (Å²) < 4.78 is 13.8. The molecule has 0 saturated heterocycles. The molecule has 0 bridgehead atoms. The molecule has 0 aliphatic heterocycles. The summed E-state index contributed by atoms with van der Waals surface area (Å²) in [6.45, 7) is -0.646. The largest absolute Gasteiger partial charge is 0.551 e. The van der Waals surface area contributed by atoms with Crippen molar-refractivity contribution in [3.05, 3.63) is 217 Å². The maximum atomic E-state index is 6.91. The van der Waals surface area contributed by atoms with Gasteiger partial charge in [0, 0.05) is 23.3 Å². The Morgan fingerprint density at radius 3 is 0.960 bits per heavy atom. The zero-order valence-electron chi connectivity index (χ0n) is 27.5. The lowest BCUT2D eigenvalue weighted by Gasteiger charge is -2.20. The van der Waals surface area contributed by atoms with E-state index in [1.165, 1.54) is 0 Å². The Labute approximate surface area is 294 Å². The molecule has 1 heterocycles. The van der Waals surface area contributed by atoms with Crippen molar-refractivity contribution in [1.82, 2.24) is 9.97 Å². The molecule has 0 radical (unpaired) electrons. The van der Waals surface area contributed by atoms with Gasteiger partial charge in [0.25, 0.3) is 0 Å². The van der Waals surface area contributed by atoms with Gasteiger partial charge in [-0.2, -0.15) is 0 Å². The van der Waals surface area contributed by atoms with Crippen LogP contribution in [0.1, 0.15) is 22.5 Å².